The van der Waals surface area contributed by atoms with Crippen LogP contribution in [0.3, 0.4) is 0 Å². The summed E-state index contributed by atoms with van der Waals surface area (Å²) in [5.41, 5.74) is 5.04. The number of benzene rings is 3. The zero-order chi connectivity index (χ0) is 18.6. The Hall–Kier alpha value is -2.78. The van der Waals surface area contributed by atoms with Gasteiger partial charge in [-0.15, -0.1) is 0 Å². The van der Waals surface area contributed by atoms with Gasteiger partial charge < -0.3 is 14.8 Å². The van der Waals surface area contributed by atoms with E-state index in [1.807, 2.05) is 12.1 Å². The molecule has 0 aliphatic carbocycles. The van der Waals surface area contributed by atoms with Gasteiger partial charge in [0.15, 0.2) is 0 Å². The van der Waals surface area contributed by atoms with Crippen molar-refractivity contribution in [1.82, 2.24) is 5.32 Å². The average molecular weight is 359 g/mol. The molecule has 0 bridgehead atoms. The van der Waals surface area contributed by atoms with Crippen molar-refractivity contribution >= 4 is 0 Å². The van der Waals surface area contributed by atoms with Crippen molar-refractivity contribution in [3.63, 3.8) is 0 Å². The molecule has 0 amide bonds. The first-order valence-corrected chi connectivity index (χ1v) is 9.40. The summed E-state index contributed by atoms with van der Waals surface area (Å²) < 4.78 is 11.4. The normalized spacial score (nSPS) is 16.0. The number of ether oxygens (including phenoxy) is 2. The molecular weight excluding hydrogens is 334 g/mol. The Balaban J connectivity index is 1.91. The molecule has 3 nitrogen and oxygen atoms in total. The molecule has 1 N–H and O–H groups in total. The lowest BCUT2D eigenvalue weighted by atomic mass is 9.78. The topological polar surface area (TPSA) is 30.5 Å². The van der Waals surface area contributed by atoms with Crippen LogP contribution in [0.15, 0.2) is 72.8 Å². The summed E-state index contributed by atoms with van der Waals surface area (Å²) in [4.78, 5) is 0. The number of hydrogen-bond acceptors (Lipinski definition) is 3. The second-order valence-electron chi connectivity index (χ2n) is 6.84. The maximum atomic E-state index is 5.77. The van der Waals surface area contributed by atoms with Crippen molar-refractivity contribution in [3.8, 4) is 11.5 Å². The van der Waals surface area contributed by atoms with E-state index in [0.717, 1.165) is 24.5 Å². The highest BCUT2D eigenvalue weighted by Gasteiger charge is 2.33. The first-order valence-electron chi connectivity index (χ1n) is 9.40. The van der Waals surface area contributed by atoms with Gasteiger partial charge in [-0.05, 0) is 36.2 Å². The van der Waals surface area contributed by atoms with Crippen LogP contribution in [0.5, 0.6) is 11.5 Å². The van der Waals surface area contributed by atoms with E-state index in [2.05, 4.69) is 66.0 Å². The highest BCUT2D eigenvalue weighted by Crippen LogP contribution is 2.45. The SMILES string of the molecule is COc1ccc(OC)c2c1CCN[C@@H]2C(c1ccccc1)c1ccccc1. The summed E-state index contributed by atoms with van der Waals surface area (Å²) in [5.74, 6) is 2.05. The van der Waals surface area contributed by atoms with E-state index in [1.54, 1.807) is 14.2 Å². The fourth-order valence-corrected chi connectivity index (χ4v) is 4.23. The predicted molar refractivity (Wildman–Crippen MR) is 109 cm³/mol. The monoisotopic (exact) mass is 359 g/mol. The highest BCUT2D eigenvalue weighted by molar-refractivity contribution is 5.54. The van der Waals surface area contributed by atoms with Crippen molar-refractivity contribution in [2.75, 3.05) is 20.8 Å². The molecule has 1 aliphatic heterocycles. The molecule has 27 heavy (non-hydrogen) atoms. The minimum absolute atomic E-state index is 0.114. The van der Waals surface area contributed by atoms with Gasteiger partial charge in [0.05, 0.1) is 14.2 Å². The van der Waals surface area contributed by atoms with E-state index in [4.69, 9.17) is 9.47 Å². The molecule has 138 valence electrons. The second-order valence-corrected chi connectivity index (χ2v) is 6.84. The Kier molecular flexibility index (Phi) is 5.12. The molecule has 1 aliphatic rings. The van der Waals surface area contributed by atoms with Gasteiger partial charge in [-0.2, -0.15) is 0 Å². The van der Waals surface area contributed by atoms with E-state index in [1.165, 1.54) is 22.3 Å². The molecule has 1 atom stereocenters. The predicted octanol–water partition coefficient (Wildman–Crippen LogP) is 4.72. The first kappa shape index (κ1) is 17.6. The maximum absolute atomic E-state index is 5.77. The molecule has 4 rings (SSSR count). The largest absolute Gasteiger partial charge is 0.496 e. The molecule has 0 unspecified atom stereocenters. The van der Waals surface area contributed by atoms with Gasteiger partial charge in [-0.1, -0.05) is 60.7 Å². The Morgan fingerprint density at radius 2 is 1.33 bits per heavy atom. The van der Waals surface area contributed by atoms with E-state index < -0.39 is 0 Å². The molecular formula is C24H25NO2. The lowest BCUT2D eigenvalue weighted by molar-refractivity contribution is 0.368. The standard InChI is InChI=1S/C24H25NO2/c1-26-20-13-14-21(27-2)23-19(20)15-16-25-24(23)22(17-9-5-3-6-10-17)18-11-7-4-8-12-18/h3-14,22,24-25H,15-16H2,1-2H3/t24-/m1/s1. The average Bonchev–Trinajstić information content (AvgIpc) is 2.75. The molecule has 0 radical (unpaired) electrons. The number of methoxy groups -OCH3 is 2. The van der Waals surface area contributed by atoms with Crippen molar-refractivity contribution in [3.05, 3.63) is 95.1 Å². The first-order chi connectivity index (χ1) is 13.3. The molecule has 1 heterocycles. The summed E-state index contributed by atoms with van der Waals surface area (Å²) in [6, 6.07) is 25.6. The number of fused-ring (bicyclic) bond motifs is 1. The summed E-state index contributed by atoms with van der Waals surface area (Å²) in [5, 5.41) is 3.76. The van der Waals surface area contributed by atoms with Gasteiger partial charge in [0.1, 0.15) is 11.5 Å². The van der Waals surface area contributed by atoms with Crippen molar-refractivity contribution < 1.29 is 9.47 Å². The summed E-state index contributed by atoms with van der Waals surface area (Å²) >= 11 is 0. The molecule has 0 fully saturated rings. The molecule has 3 aromatic carbocycles. The van der Waals surface area contributed by atoms with E-state index in [0.29, 0.717) is 0 Å². The molecule has 3 aromatic rings. The van der Waals surface area contributed by atoms with Gasteiger partial charge in [-0.3, -0.25) is 0 Å². The summed E-state index contributed by atoms with van der Waals surface area (Å²) in [6.45, 7) is 0.914. The van der Waals surface area contributed by atoms with Gasteiger partial charge in [0, 0.05) is 23.1 Å². The maximum Gasteiger partial charge on any atom is 0.124 e. The minimum atomic E-state index is 0.114. The van der Waals surface area contributed by atoms with Crippen LogP contribution in [-0.4, -0.2) is 20.8 Å². The third-order valence-corrected chi connectivity index (χ3v) is 5.41. The molecule has 0 saturated heterocycles. The van der Waals surface area contributed by atoms with Crippen LogP contribution in [0.25, 0.3) is 0 Å². The Labute approximate surface area is 161 Å². The van der Waals surface area contributed by atoms with Crippen LogP contribution in [0.4, 0.5) is 0 Å². The smallest absolute Gasteiger partial charge is 0.124 e. The van der Waals surface area contributed by atoms with Crippen LogP contribution in [0.2, 0.25) is 0 Å². The Morgan fingerprint density at radius 1 is 0.778 bits per heavy atom. The number of rotatable bonds is 5. The Morgan fingerprint density at radius 3 is 1.89 bits per heavy atom. The molecule has 0 saturated carbocycles. The summed E-state index contributed by atoms with van der Waals surface area (Å²) in [7, 11) is 3.48. The zero-order valence-corrected chi connectivity index (χ0v) is 15.8. The summed E-state index contributed by atoms with van der Waals surface area (Å²) in [6.07, 6.45) is 0.933. The van der Waals surface area contributed by atoms with Crippen molar-refractivity contribution in [2.45, 2.75) is 18.4 Å². The van der Waals surface area contributed by atoms with E-state index in [-0.39, 0.29) is 12.0 Å². The third-order valence-electron chi connectivity index (χ3n) is 5.41. The van der Waals surface area contributed by atoms with Crippen LogP contribution >= 0.6 is 0 Å². The fourth-order valence-electron chi connectivity index (χ4n) is 4.23. The van der Waals surface area contributed by atoms with Crippen LogP contribution in [-0.2, 0) is 6.42 Å². The lowest BCUT2D eigenvalue weighted by Gasteiger charge is -2.35. The van der Waals surface area contributed by atoms with Gasteiger partial charge in [0.2, 0.25) is 0 Å². The van der Waals surface area contributed by atoms with Crippen LogP contribution in [0, 0.1) is 0 Å². The van der Waals surface area contributed by atoms with Gasteiger partial charge in [0.25, 0.3) is 0 Å². The second kappa shape index (κ2) is 7.85. The Bertz CT molecular complexity index is 854. The van der Waals surface area contributed by atoms with Gasteiger partial charge >= 0.3 is 0 Å². The van der Waals surface area contributed by atoms with Gasteiger partial charge in [-0.25, -0.2) is 0 Å². The van der Waals surface area contributed by atoms with Crippen LogP contribution in [0.1, 0.15) is 34.2 Å². The molecule has 0 spiro atoms. The van der Waals surface area contributed by atoms with E-state index >= 15 is 0 Å². The third kappa shape index (κ3) is 3.31. The van der Waals surface area contributed by atoms with Crippen LogP contribution < -0.4 is 14.8 Å². The zero-order valence-electron chi connectivity index (χ0n) is 15.8. The fraction of sp³-hybridized carbons (Fsp3) is 0.250. The number of hydrogen-bond donors (Lipinski definition) is 1. The van der Waals surface area contributed by atoms with Crippen molar-refractivity contribution in [2.24, 2.45) is 0 Å². The number of nitrogens with one attached hydrogen (secondary N) is 1. The highest BCUT2D eigenvalue weighted by atomic mass is 16.5. The van der Waals surface area contributed by atoms with E-state index in [9.17, 15) is 0 Å². The minimum Gasteiger partial charge on any atom is -0.496 e. The molecule has 3 heteroatoms. The quantitative estimate of drug-likeness (QED) is 0.715. The molecule has 0 aromatic heterocycles. The van der Waals surface area contributed by atoms with Crippen molar-refractivity contribution in [1.29, 1.82) is 0 Å². The lowest BCUT2D eigenvalue weighted by Crippen LogP contribution is -2.35.